The molecule has 1 rings (SSSR count). The van der Waals surface area contributed by atoms with Gasteiger partial charge in [0.1, 0.15) is 0 Å². The highest BCUT2D eigenvalue weighted by Gasteiger charge is 2.33. The number of carbonyl (C=O) groups excluding carboxylic acids is 1. The lowest BCUT2D eigenvalue weighted by molar-refractivity contribution is -0.109. The van der Waals surface area contributed by atoms with Crippen molar-refractivity contribution in [2.75, 3.05) is 18.9 Å². The van der Waals surface area contributed by atoms with E-state index in [9.17, 15) is 4.79 Å². The largest absolute Gasteiger partial charge is 0.394 e. The maximum absolute atomic E-state index is 11.0. The number of hydrogen-bond donors (Lipinski definition) is 1. The van der Waals surface area contributed by atoms with Crippen LogP contribution in [0.4, 0.5) is 0 Å². The van der Waals surface area contributed by atoms with Crippen molar-refractivity contribution in [2.24, 2.45) is 5.92 Å². The van der Waals surface area contributed by atoms with Crippen molar-refractivity contribution in [3.05, 3.63) is 0 Å². The van der Waals surface area contributed by atoms with Crippen molar-refractivity contribution in [1.82, 2.24) is 5.48 Å². The summed E-state index contributed by atoms with van der Waals surface area (Å²) in [7, 11) is -2.12. The molecule has 1 saturated heterocycles. The highest BCUT2D eigenvalue weighted by atomic mass is 32.2. The van der Waals surface area contributed by atoms with Crippen molar-refractivity contribution in [1.29, 1.82) is 0 Å². The lowest BCUT2D eigenvalue weighted by Crippen LogP contribution is -2.47. The zero-order chi connectivity index (χ0) is 20.5. The summed E-state index contributed by atoms with van der Waals surface area (Å²) in [5.41, 5.74) is 3.23. The summed E-state index contributed by atoms with van der Waals surface area (Å²) >= 11 is 1.40. The van der Waals surface area contributed by atoms with Gasteiger partial charge in [-0.15, -0.1) is 0 Å². The van der Waals surface area contributed by atoms with E-state index in [1.807, 2.05) is 0 Å². The summed E-state index contributed by atoms with van der Waals surface area (Å²) in [5, 5.41) is 0.194. The quantitative estimate of drug-likeness (QED) is 0.234. The molecule has 166 valence electrons. The molecule has 1 aliphatic rings. The van der Waals surface area contributed by atoms with Crippen LogP contribution in [0.25, 0.3) is 0 Å². The summed E-state index contributed by atoms with van der Waals surface area (Å²) in [6.45, 7) is 7.82. The Labute approximate surface area is 179 Å². The SMILES string of the molecule is CCCCCCCCCCCCC1CCO[Si](C)(CCCSC(C)=O)ONC1. The first-order valence-corrected chi connectivity index (χ1v) is 15.2. The number of unbranched alkanes of at least 4 members (excludes halogenated alkanes) is 9. The minimum atomic E-state index is -2.12. The van der Waals surface area contributed by atoms with Crippen LogP contribution in [0.5, 0.6) is 0 Å². The topological polar surface area (TPSA) is 47.6 Å². The third-order valence-electron chi connectivity index (χ3n) is 5.64. The molecule has 4 nitrogen and oxygen atoms in total. The molecule has 0 spiro atoms. The maximum atomic E-state index is 11.0. The Morgan fingerprint density at radius 2 is 1.68 bits per heavy atom. The van der Waals surface area contributed by atoms with Gasteiger partial charge in [-0.3, -0.25) is 4.79 Å². The molecule has 6 heteroatoms. The Balaban J connectivity index is 2.02. The van der Waals surface area contributed by atoms with Crippen LogP contribution in [0.2, 0.25) is 12.6 Å². The van der Waals surface area contributed by atoms with Crippen LogP contribution in [0.15, 0.2) is 0 Å². The van der Waals surface area contributed by atoms with Crippen LogP contribution in [0, 0.1) is 5.92 Å². The van der Waals surface area contributed by atoms with E-state index in [1.54, 1.807) is 6.92 Å². The molecule has 2 unspecified atom stereocenters. The van der Waals surface area contributed by atoms with Gasteiger partial charge in [-0.25, -0.2) is 5.48 Å². The molecular formula is C22H45NO3SSi. The molecule has 0 aromatic rings. The van der Waals surface area contributed by atoms with Crippen LogP contribution >= 0.6 is 11.8 Å². The average Bonchev–Trinajstić information content (AvgIpc) is 2.64. The smallest absolute Gasteiger partial charge is 0.355 e. The van der Waals surface area contributed by atoms with Gasteiger partial charge in [0.05, 0.1) is 0 Å². The summed E-state index contributed by atoms with van der Waals surface area (Å²) in [6, 6.07) is 0.948. The summed E-state index contributed by atoms with van der Waals surface area (Å²) in [4.78, 5) is 11.0. The third-order valence-corrected chi connectivity index (χ3v) is 9.19. The van der Waals surface area contributed by atoms with Gasteiger partial charge < -0.3 is 8.95 Å². The fourth-order valence-electron chi connectivity index (χ4n) is 3.78. The number of nitrogens with one attached hydrogen (secondary N) is 1. The second-order valence-electron chi connectivity index (χ2n) is 8.50. The lowest BCUT2D eigenvalue weighted by atomic mass is 9.97. The molecule has 2 atom stereocenters. The highest BCUT2D eigenvalue weighted by Crippen LogP contribution is 2.22. The van der Waals surface area contributed by atoms with E-state index in [-0.39, 0.29) is 5.12 Å². The molecule has 1 fully saturated rings. The van der Waals surface area contributed by atoms with Crippen molar-refractivity contribution in [3.63, 3.8) is 0 Å². The molecule has 1 aliphatic heterocycles. The van der Waals surface area contributed by atoms with Crippen LogP contribution < -0.4 is 5.48 Å². The number of thioether (sulfide) groups is 1. The minimum absolute atomic E-state index is 0.194. The van der Waals surface area contributed by atoms with E-state index in [1.165, 1.54) is 82.4 Å². The van der Waals surface area contributed by atoms with Crippen molar-refractivity contribution < 1.29 is 13.7 Å². The first-order valence-electron chi connectivity index (χ1n) is 11.7. The second-order valence-corrected chi connectivity index (χ2v) is 13.0. The molecule has 0 aliphatic carbocycles. The Bertz CT molecular complexity index is 388. The molecular weight excluding hydrogens is 386 g/mol. The zero-order valence-electron chi connectivity index (χ0n) is 18.7. The normalized spacial score (nSPS) is 23.3. The molecule has 0 aromatic heterocycles. The Morgan fingerprint density at radius 1 is 1.04 bits per heavy atom. The van der Waals surface area contributed by atoms with Crippen LogP contribution in [0.3, 0.4) is 0 Å². The minimum Gasteiger partial charge on any atom is -0.394 e. The van der Waals surface area contributed by atoms with Gasteiger partial charge in [0, 0.05) is 25.8 Å². The first kappa shape index (κ1) is 26.2. The summed E-state index contributed by atoms with van der Waals surface area (Å²) in [6.07, 6.45) is 17.4. The zero-order valence-corrected chi connectivity index (χ0v) is 20.5. The van der Waals surface area contributed by atoms with Crippen molar-refractivity contribution in [3.8, 4) is 0 Å². The standard InChI is InChI=1S/C22H45NO3SSi/c1-4-5-6-7-8-9-10-11-12-13-15-22-16-17-25-28(3,26-23-20-22)19-14-18-27-21(2)24/h22-23H,4-20H2,1-3H3. The molecule has 0 saturated carbocycles. The van der Waals surface area contributed by atoms with Crippen LogP contribution in [0.1, 0.15) is 97.3 Å². The monoisotopic (exact) mass is 431 g/mol. The molecule has 0 aromatic carbocycles. The second kappa shape index (κ2) is 16.9. The Kier molecular flexibility index (Phi) is 15.8. The van der Waals surface area contributed by atoms with Crippen LogP contribution in [-0.2, 0) is 13.7 Å². The van der Waals surface area contributed by atoms with Crippen molar-refractivity contribution in [2.45, 2.75) is 110 Å². The van der Waals surface area contributed by atoms with Gasteiger partial charge in [-0.2, -0.15) is 0 Å². The molecule has 0 radical (unpaired) electrons. The molecule has 0 bridgehead atoms. The van der Waals surface area contributed by atoms with Gasteiger partial charge in [-0.1, -0.05) is 82.9 Å². The lowest BCUT2D eigenvalue weighted by Gasteiger charge is -2.31. The van der Waals surface area contributed by atoms with E-state index in [4.69, 9.17) is 8.95 Å². The highest BCUT2D eigenvalue weighted by molar-refractivity contribution is 8.13. The number of rotatable bonds is 15. The summed E-state index contributed by atoms with van der Waals surface area (Å²) in [5.74, 6) is 1.53. The van der Waals surface area contributed by atoms with E-state index >= 15 is 0 Å². The molecule has 1 heterocycles. The van der Waals surface area contributed by atoms with Gasteiger partial charge in [-0.05, 0) is 37.8 Å². The van der Waals surface area contributed by atoms with Gasteiger partial charge in [0.15, 0.2) is 5.12 Å². The maximum Gasteiger partial charge on any atom is 0.355 e. The van der Waals surface area contributed by atoms with E-state index in [0.717, 1.165) is 37.8 Å². The number of hydroxylamine groups is 1. The van der Waals surface area contributed by atoms with Gasteiger partial charge in [0.25, 0.3) is 0 Å². The Morgan fingerprint density at radius 3 is 2.32 bits per heavy atom. The molecule has 28 heavy (non-hydrogen) atoms. The number of hydrogen-bond acceptors (Lipinski definition) is 5. The van der Waals surface area contributed by atoms with E-state index in [0.29, 0.717) is 5.92 Å². The fraction of sp³-hybridized carbons (Fsp3) is 0.955. The third kappa shape index (κ3) is 14.2. The van der Waals surface area contributed by atoms with E-state index in [2.05, 4.69) is 19.0 Å². The predicted octanol–water partition coefficient (Wildman–Crippen LogP) is 6.60. The Hall–Kier alpha value is 0.117. The number of carbonyl (C=O) groups is 1. The molecule has 1 N–H and O–H groups in total. The first-order chi connectivity index (χ1) is 13.6. The van der Waals surface area contributed by atoms with Crippen LogP contribution in [-0.4, -0.2) is 32.6 Å². The fourth-order valence-corrected chi connectivity index (χ4v) is 6.68. The van der Waals surface area contributed by atoms with E-state index < -0.39 is 8.56 Å². The van der Waals surface area contributed by atoms with Gasteiger partial charge in [0.2, 0.25) is 0 Å². The summed E-state index contributed by atoms with van der Waals surface area (Å²) < 4.78 is 12.1. The predicted molar refractivity (Wildman–Crippen MR) is 124 cm³/mol. The van der Waals surface area contributed by atoms with Gasteiger partial charge >= 0.3 is 8.56 Å². The average molecular weight is 432 g/mol. The van der Waals surface area contributed by atoms with Crippen molar-refractivity contribution >= 4 is 25.4 Å². The molecule has 0 amide bonds.